The second-order valence-electron chi connectivity index (χ2n) is 4.76. The second-order valence-corrected chi connectivity index (χ2v) is 4.76. The molecule has 2 aromatic carbocycles. The van der Waals surface area contributed by atoms with Crippen molar-refractivity contribution in [3.8, 4) is 11.5 Å². The highest BCUT2D eigenvalue weighted by Crippen LogP contribution is 2.35. The van der Waals surface area contributed by atoms with Crippen molar-refractivity contribution in [2.45, 2.75) is 13.8 Å². The molecule has 3 rings (SSSR count). The summed E-state index contributed by atoms with van der Waals surface area (Å²) in [7, 11) is 0. The van der Waals surface area contributed by atoms with Crippen LogP contribution in [0.4, 0.5) is 5.69 Å². The normalized spacial score (nSPS) is 12.3. The molecule has 1 heterocycles. The molecule has 1 amide bonds. The van der Waals surface area contributed by atoms with Crippen molar-refractivity contribution in [2.75, 3.05) is 12.1 Å². The summed E-state index contributed by atoms with van der Waals surface area (Å²) in [6.45, 7) is 4.10. The lowest BCUT2D eigenvalue weighted by Gasteiger charge is -2.12. The van der Waals surface area contributed by atoms with Gasteiger partial charge in [0.25, 0.3) is 5.91 Å². The van der Waals surface area contributed by atoms with Gasteiger partial charge in [-0.1, -0.05) is 24.3 Å². The molecule has 0 spiro atoms. The summed E-state index contributed by atoms with van der Waals surface area (Å²) in [6, 6.07) is 11.2. The molecule has 4 nitrogen and oxygen atoms in total. The maximum Gasteiger partial charge on any atom is 0.259 e. The number of aryl methyl sites for hydroxylation is 2. The van der Waals surface area contributed by atoms with Gasteiger partial charge in [-0.15, -0.1) is 0 Å². The van der Waals surface area contributed by atoms with Gasteiger partial charge in [-0.25, -0.2) is 0 Å². The number of rotatable bonds is 2. The lowest BCUT2D eigenvalue weighted by atomic mass is 10.1. The van der Waals surface area contributed by atoms with Gasteiger partial charge in [0.05, 0.1) is 5.56 Å². The number of benzene rings is 2. The zero-order chi connectivity index (χ0) is 14.1. The second kappa shape index (κ2) is 4.89. The Labute approximate surface area is 117 Å². The maximum atomic E-state index is 12.4. The van der Waals surface area contributed by atoms with Gasteiger partial charge in [-0.3, -0.25) is 4.79 Å². The number of carbonyl (C=O) groups is 1. The van der Waals surface area contributed by atoms with E-state index in [1.165, 1.54) is 0 Å². The van der Waals surface area contributed by atoms with E-state index in [1.54, 1.807) is 18.2 Å². The zero-order valence-corrected chi connectivity index (χ0v) is 11.4. The monoisotopic (exact) mass is 269 g/mol. The third-order valence-electron chi connectivity index (χ3n) is 3.36. The highest BCUT2D eigenvalue weighted by atomic mass is 16.7. The fourth-order valence-electron chi connectivity index (χ4n) is 2.30. The van der Waals surface area contributed by atoms with E-state index in [9.17, 15) is 4.79 Å². The van der Waals surface area contributed by atoms with Crippen LogP contribution in [0, 0.1) is 13.8 Å². The summed E-state index contributed by atoms with van der Waals surface area (Å²) in [6.07, 6.45) is 0. The van der Waals surface area contributed by atoms with Crippen molar-refractivity contribution >= 4 is 11.6 Å². The van der Waals surface area contributed by atoms with E-state index >= 15 is 0 Å². The number of amides is 1. The van der Waals surface area contributed by atoms with Crippen LogP contribution in [0.15, 0.2) is 36.4 Å². The van der Waals surface area contributed by atoms with E-state index in [2.05, 4.69) is 5.32 Å². The molecule has 0 unspecified atom stereocenters. The molecule has 0 bridgehead atoms. The number of para-hydroxylation sites is 2. The summed E-state index contributed by atoms with van der Waals surface area (Å²) in [4.78, 5) is 12.4. The molecule has 0 aromatic heterocycles. The minimum absolute atomic E-state index is 0.156. The third-order valence-corrected chi connectivity index (χ3v) is 3.36. The number of fused-ring (bicyclic) bond motifs is 1. The molecule has 0 aliphatic carbocycles. The number of hydrogen-bond acceptors (Lipinski definition) is 3. The molecule has 102 valence electrons. The number of nitrogens with one attached hydrogen (secondary N) is 1. The van der Waals surface area contributed by atoms with Crippen LogP contribution in [0.5, 0.6) is 11.5 Å². The summed E-state index contributed by atoms with van der Waals surface area (Å²) in [5, 5.41) is 2.95. The van der Waals surface area contributed by atoms with Crippen LogP contribution in [0.3, 0.4) is 0 Å². The molecule has 20 heavy (non-hydrogen) atoms. The molecule has 1 aliphatic heterocycles. The summed E-state index contributed by atoms with van der Waals surface area (Å²) in [5.74, 6) is 0.931. The molecule has 4 heteroatoms. The van der Waals surface area contributed by atoms with Gasteiger partial charge in [-0.2, -0.15) is 0 Å². The molecule has 0 fully saturated rings. The fourth-order valence-corrected chi connectivity index (χ4v) is 2.30. The van der Waals surface area contributed by atoms with Gasteiger partial charge in [0.1, 0.15) is 0 Å². The molecular formula is C16H15NO3. The van der Waals surface area contributed by atoms with E-state index in [-0.39, 0.29) is 12.7 Å². The molecule has 1 N–H and O–H groups in total. The smallest absolute Gasteiger partial charge is 0.259 e. The molecule has 1 aliphatic rings. The Morgan fingerprint density at radius 3 is 2.50 bits per heavy atom. The molecular weight excluding hydrogens is 254 g/mol. The maximum absolute atomic E-state index is 12.4. The van der Waals surface area contributed by atoms with E-state index in [1.807, 2.05) is 32.0 Å². The first kappa shape index (κ1) is 12.5. The Balaban J connectivity index is 1.93. The Morgan fingerprint density at radius 1 is 1.05 bits per heavy atom. The Morgan fingerprint density at radius 2 is 1.75 bits per heavy atom. The topological polar surface area (TPSA) is 47.6 Å². The SMILES string of the molecule is Cc1cccc(C)c1NC(=O)c1cccc2c1OCO2. The molecule has 0 saturated carbocycles. The van der Waals surface area contributed by atoms with Crippen LogP contribution >= 0.6 is 0 Å². The van der Waals surface area contributed by atoms with Crippen molar-refractivity contribution in [3.05, 3.63) is 53.1 Å². The van der Waals surface area contributed by atoms with Gasteiger partial charge in [0.2, 0.25) is 6.79 Å². The van der Waals surface area contributed by atoms with Gasteiger partial charge in [0, 0.05) is 5.69 Å². The first-order valence-corrected chi connectivity index (χ1v) is 6.43. The molecule has 0 atom stereocenters. The van der Waals surface area contributed by atoms with Crippen molar-refractivity contribution < 1.29 is 14.3 Å². The number of carbonyl (C=O) groups excluding carboxylic acids is 1. The zero-order valence-electron chi connectivity index (χ0n) is 11.4. The van der Waals surface area contributed by atoms with E-state index in [0.29, 0.717) is 17.1 Å². The summed E-state index contributed by atoms with van der Waals surface area (Å²) in [5.41, 5.74) is 3.39. The molecule has 0 radical (unpaired) electrons. The van der Waals surface area contributed by atoms with E-state index in [0.717, 1.165) is 16.8 Å². The molecule has 2 aromatic rings. The minimum atomic E-state index is -0.190. The standard InChI is InChI=1S/C16H15NO3/c1-10-5-3-6-11(2)14(10)17-16(18)12-7-4-8-13-15(12)20-9-19-13/h3-8H,9H2,1-2H3,(H,17,18). The number of anilines is 1. The van der Waals surface area contributed by atoms with Crippen LogP contribution in [0.25, 0.3) is 0 Å². The minimum Gasteiger partial charge on any atom is -0.454 e. The Hall–Kier alpha value is -2.49. The first-order valence-electron chi connectivity index (χ1n) is 6.43. The Bertz CT molecular complexity index is 659. The van der Waals surface area contributed by atoms with Gasteiger partial charge in [0.15, 0.2) is 11.5 Å². The van der Waals surface area contributed by atoms with E-state index < -0.39 is 0 Å². The predicted molar refractivity (Wildman–Crippen MR) is 76.4 cm³/mol. The van der Waals surface area contributed by atoms with Crippen LogP contribution in [-0.2, 0) is 0 Å². The molecule has 0 saturated heterocycles. The van der Waals surface area contributed by atoms with Gasteiger partial charge in [-0.05, 0) is 37.1 Å². The van der Waals surface area contributed by atoms with Crippen molar-refractivity contribution in [2.24, 2.45) is 0 Å². The Kier molecular flexibility index (Phi) is 3.06. The van der Waals surface area contributed by atoms with E-state index in [4.69, 9.17) is 9.47 Å². The quantitative estimate of drug-likeness (QED) is 0.910. The number of hydrogen-bond donors (Lipinski definition) is 1. The average Bonchev–Trinajstić information content (AvgIpc) is 2.91. The van der Waals surface area contributed by atoms with Crippen molar-refractivity contribution in [3.63, 3.8) is 0 Å². The van der Waals surface area contributed by atoms with Crippen molar-refractivity contribution in [1.82, 2.24) is 0 Å². The fraction of sp³-hybridized carbons (Fsp3) is 0.188. The predicted octanol–water partition coefficient (Wildman–Crippen LogP) is 3.28. The largest absolute Gasteiger partial charge is 0.454 e. The lowest BCUT2D eigenvalue weighted by Crippen LogP contribution is -2.14. The third kappa shape index (κ3) is 2.09. The summed E-state index contributed by atoms with van der Waals surface area (Å²) >= 11 is 0. The number of ether oxygens (including phenoxy) is 2. The summed E-state index contributed by atoms with van der Waals surface area (Å²) < 4.78 is 10.7. The van der Waals surface area contributed by atoms with Crippen LogP contribution in [0.1, 0.15) is 21.5 Å². The van der Waals surface area contributed by atoms with Crippen LogP contribution in [0.2, 0.25) is 0 Å². The van der Waals surface area contributed by atoms with Gasteiger partial charge < -0.3 is 14.8 Å². The van der Waals surface area contributed by atoms with Gasteiger partial charge >= 0.3 is 0 Å². The first-order chi connectivity index (χ1) is 9.66. The van der Waals surface area contributed by atoms with Crippen LogP contribution < -0.4 is 14.8 Å². The highest BCUT2D eigenvalue weighted by Gasteiger charge is 2.22. The average molecular weight is 269 g/mol. The lowest BCUT2D eigenvalue weighted by molar-refractivity contribution is 0.102. The van der Waals surface area contributed by atoms with Crippen LogP contribution in [-0.4, -0.2) is 12.7 Å². The van der Waals surface area contributed by atoms with Crippen molar-refractivity contribution in [1.29, 1.82) is 0 Å². The highest BCUT2D eigenvalue weighted by molar-refractivity contribution is 6.07.